The highest BCUT2D eigenvalue weighted by molar-refractivity contribution is 6.60. The summed E-state index contributed by atoms with van der Waals surface area (Å²) in [6, 6.07) is 3.45. The Morgan fingerprint density at radius 2 is 2.14 bits per heavy atom. The van der Waals surface area contributed by atoms with Crippen LogP contribution in [0.3, 0.4) is 0 Å². The lowest BCUT2D eigenvalue weighted by molar-refractivity contribution is 0.415. The number of hydrogen-bond donors (Lipinski definition) is 0. The quantitative estimate of drug-likeness (QED) is 0.635. The summed E-state index contributed by atoms with van der Waals surface area (Å²) in [6.45, 7) is -4.79. The van der Waals surface area contributed by atoms with Gasteiger partial charge < -0.3 is 12.9 Å². The van der Waals surface area contributed by atoms with Crippen molar-refractivity contribution in [2.24, 2.45) is 0 Å². The summed E-state index contributed by atoms with van der Waals surface area (Å²) in [7, 11) is 0. The van der Waals surface area contributed by atoms with Crippen LogP contribution in [0.4, 0.5) is 12.9 Å². The normalized spacial score (nSPS) is 21.8. The Morgan fingerprint density at radius 1 is 1.36 bits per heavy atom. The van der Waals surface area contributed by atoms with Crippen molar-refractivity contribution in [3.05, 3.63) is 29.6 Å². The average molecular weight is 200 g/mol. The van der Waals surface area contributed by atoms with Crippen LogP contribution in [-0.2, 0) is 6.42 Å². The minimum Gasteiger partial charge on any atom is -0.448 e. The Morgan fingerprint density at radius 3 is 2.86 bits per heavy atom. The average Bonchev–Trinajstić information content (AvgIpc) is 2.15. The molecule has 1 aromatic heterocycles. The first-order valence-electron chi connectivity index (χ1n) is 4.73. The number of pyridine rings is 1. The number of hydrogen-bond acceptors (Lipinski definition) is 1. The fraction of sp³-hybridized carbons (Fsp3) is 0.444. The number of nitrogens with zero attached hydrogens (tertiary/aromatic N) is 1. The van der Waals surface area contributed by atoms with Gasteiger partial charge in [-0.3, -0.25) is 4.98 Å². The number of rotatable bonds is 1. The van der Waals surface area contributed by atoms with Crippen molar-refractivity contribution in [3.8, 4) is 0 Å². The molecule has 0 bridgehead atoms. The summed E-state index contributed by atoms with van der Waals surface area (Å²) in [5.74, 6) is -1.29. The van der Waals surface area contributed by atoms with Crippen LogP contribution < -0.4 is 0 Å². The molecule has 1 aliphatic rings. The Balaban J connectivity index is 2.41. The van der Waals surface area contributed by atoms with E-state index in [-0.39, 0.29) is 12.1 Å². The molecular weight excluding hydrogens is 190 g/mol. The van der Waals surface area contributed by atoms with Gasteiger partial charge in [-0.2, -0.15) is 0 Å². The van der Waals surface area contributed by atoms with Crippen molar-refractivity contribution in [1.82, 2.24) is 4.98 Å². The highest BCUT2D eigenvalue weighted by Gasteiger charge is 2.38. The second-order valence-electron chi connectivity index (χ2n) is 3.67. The van der Waals surface area contributed by atoms with Gasteiger partial charge in [0.1, 0.15) is 0 Å². The van der Waals surface area contributed by atoms with Gasteiger partial charge >= 0.3 is 6.98 Å². The molecule has 0 N–H and O–H groups in total. The molecule has 0 saturated carbocycles. The molecule has 1 nitrogen and oxygen atoms in total. The van der Waals surface area contributed by atoms with Gasteiger partial charge in [-0.1, -0.05) is 18.9 Å². The predicted octanol–water partition coefficient (Wildman–Crippen LogP) is 2.89. The lowest BCUT2D eigenvalue weighted by Crippen LogP contribution is -2.31. The van der Waals surface area contributed by atoms with E-state index >= 15 is 0 Å². The number of fused-ring (bicyclic) bond motifs is 1. The van der Waals surface area contributed by atoms with Crippen molar-refractivity contribution >= 4 is 6.98 Å². The summed E-state index contributed by atoms with van der Waals surface area (Å²) in [5.41, 5.74) is 1.02. The number of aromatic nitrogens is 1. The first kappa shape index (κ1) is 9.56. The third kappa shape index (κ3) is 1.63. The molecule has 1 aromatic rings. The third-order valence-corrected chi connectivity index (χ3v) is 2.69. The minimum absolute atomic E-state index is 0.202. The standard InChI is InChI=1S/C9H10BF3N/c11-10(12,13)8-5-1-3-7-4-2-6-14-9(7)8/h2,4,6,8H,1,3,5H2/q-1. The largest absolute Gasteiger partial charge is 0.487 e. The lowest BCUT2D eigenvalue weighted by Gasteiger charge is -2.31. The molecule has 1 atom stereocenters. The highest BCUT2D eigenvalue weighted by Crippen LogP contribution is 2.38. The van der Waals surface area contributed by atoms with Gasteiger partial charge in [-0.05, 0) is 23.9 Å². The molecule has 14 heavy (non-hydrogen) atoms. The van der Waals surface area contributed by atoms with Crippen LogP contribution in [0.15, 0.2) is 18.3 Å². The maximum absolute atomic E-state index is 12.6. The van der Waals surface area contributed by atoms with E-state index in [0.29, 0.717) is 6.42 Å². The van der Waals surface area contributed by atoms with E-state index in [4.69, 9.17) is 0 Å². The SMILES string of the molecule is F[B-](F)(F)C1CCCc2cccnc21. The number of aryl methyl sites for hydroxylation is 1. The molecule has 0 aliphatic heterocycles. The molecular formula is C9H10BF3N-. The van der Waals surface area contributed by atoms with E-state index in [0.717, 1.165) is 12.0 Å². The van der Waals surface area contributed by atoms with Crippen LogP contribution in [0, 0.1) is 0 Å². The summed E-state index contributed by atoms with van der Waals surface area (Å²) in [6.07, 6.45) is 2.99. The molecule has 1 aliphatic carbocycles. The summed E-state index contributed by atoms with van der Waals surface area (Å²) in [4.78, 5) is 3.86. The maximum atomic E-state index is 12.6. The number of halogens is 3. The van der Waals surface area contributed by atoms with Gasteiger partial charge in [0.25, 0.3) is 0 Å². The molecule has 0 aromatic carbocycles. The molecule has 0 amide bonds. The first-order chi connectivity index (χ1) is 6.59. The van der Waals surface area contributed by atoms with Crippen molar-refractivity contribution in [1.29, 1.82) is 0 Å². The molecule has 0 spiro atoms. The van der Waals surface area contributed by atoms with E-state index in [1.807, 2.05) is 0 Å². The molecule has 0 saturated heterocycles. The van der Waals surface area contributed by atoms with E-state index < -0.39 is 12.8 Å². The minimum atomic E-state index is -4.79. The van der Waals surface area contributed by atoms with Crippen LogP contribution in [0.5, 0.6) is 0 Å². The summed E-state index contributed by atoms with van der Waals surface area (Å²) in [5, 5.41) is 0. The van der Waals surface area contributed by atoms with Gasteiger partial charge in [-0.15, -0.1) is 0 Å². The van der Waals surface area contributed by atoms with Gasteiger partial charge in [0.15, 0.2) is 0 Å². The van der Waals surface area contributed by atoms with Crippen LogP contribution in [0.2, 0.25) is 0 Å². The zero-order valence-corrected chi connectivity index (χ0v) is 7.59. The van der Waals surface area contributed by atoms with Gasteiger partial charge in [-0.25, -0.2) is 0 Å². The lowest BCUT2D eigenvalue weighted by atomic mass is 9.64. The second-order valence-corrected chi connectivity index (χ2v) is 3.67. The summed E-state index contributed by atoms with van der Waals surface area (Å²) < 4.78 is 37.9. The fourth-order valence-electron chi connectivity index (χ4n) is 2.01. The van der Waals surface area contributed by atoms with E-state index in [2.05, 4.69) is 4.98 Å². The Hall–Kier alpha value is -0.995. The van der Waals surface area contributed by atoms with Crippen LogP contribution in [-0.4, -0.2) is 12.0 Å². The third-order valence-electron chi connectivity index (χ3n) is 2.69. The zero-order chi connectivity index (χ0) is 10.2. The molecule has 0 radical (unpaired) electrons. The molecule has 0 fully saturated rings. The highest BCUT2D eigenvalue weighted by atomic mass is 19.4. The van der Waals surface area contributed by atoms with E-state index in [9.17, 15) is 12.9 Å². The molecule has 1 heterocycles. The van der Waals surface area contributed by atoms with E-state index in [1.165, 1.54) is 6.20 Å². The van der Waals surface area contributed by atoms with Gasteiger partial charge in [0, 0.05) is 11.9 Å². The van der Waals surface area contributed by atoms with Crippen molar-refractivity contribution in [3.63, 3.8) is 0 Å². The zero-order valence-electron chi connectivity index (χ0n) is 7.59. The Labute approximate surface area is 80.4 Å². The topological polar surface area (TPSA) is 12.9 Å². The van der Waals surface area contributed by atoms with Crippen molar-refractivity contribution in [2.45, 2.75) is 25.1 Å². The van der Waals surface area contributed by atoms with Crippen LogP contribution in [0.1, 0.15) is 29.9 Å². The van der Waals surface area contributed by atoms with Crippen molar-refractivity contribution < 1.29 is 12.9 Å². The Kier molecular flexibility index (Phi) is 2.25. The smallest absolute Gasteiger partial charge is 0.448 e. The van der Waals surface area contributed by atoms with E-state index in [1.54, 1.807) is 12.1 Å². The second kappa shape index (κ2) is 3.30. The Bertz CT molecular complexity index is 337. The monoisotopic (exact) mass is 200 g/mol. The predicted molar refractivity (Wildman–Crippen MR) is 49.0 cm³/mol. The molecule has 5 heteroatoms. The molecule has 1 unspecified atom stereocenters. The van der Waals surface area contributed by atoms with Crippen LogP contribution >= 0.6 is 0 Å². The fourth-order valence-corrected chi connectivity index (χ4v) is 2.01. The maximum Gasteiger partial charge on any atom is 0.487 e. The van der Waals surface area contributed by atoms with Gasteiger partial charge in [0.05, 0.1) is 0 Å². The first-order valence-corrected chi connectivity index (χ1v) is 4.73. The van der Waals surface area contributed by atoms with Gasteiger partial charge in [0.2, 0.25) is 0 Å². The summed E-state index contributed by atoms with van der Waals surface area (Å²) >= 11 is 0. The van der Waals surface area contributed by atoms with Crippen LogP contribution in [0.25, 0.3) is 0 Å². The molecule has 76 valence electrons. The van der Waals surface area contributed by atoms with Crippen molar-refractivity contribution in [2.75, 3.05) is 0 Å². The molecule has 2 rings (SSSR count).